The van der Waals surface area contributed by atoms with Gasteiger partial charge in [0.15, 0.2) is 11.6 Å². The van der Waals surface area contributed by atoms with Crippen molar-refractivity contribution >= 4 is 5.97 Å². The van der Waals surface area contributed by atoms with E-state index in [1.807, 2.05) is 42.5 Å². The fourth-order valence-electron chi connectivity index (χ4n) is 3.93. The normalized spacial score (nSPS) is 12.9. The molecule has 0 fully saturated rings. The van der Waals surface area contributed by atoms with Gasteiger partial charge in [-0.15, -0.1) is 0 Å². The van der Waals surface area contributed by atoms with Crippen molar-refractivity contribution in [2.75, 3.05) is 13.7 Å². The summed E-state index contributed by atoms with van der Waals surface area (Å²) in [5.74, 6) is -0.590. The lowest BCUT2D eigenvalue weighted by molar-refractivity contribution is -0.145. The van der Waals surface area contributed by atoms with Gasteiger partial charge in [0.1, 0.15) is 0 Å². The van der Waals surface area contributed by atoms with Crippen LogP contribution in [0.2, 0.25) is 0 Å². The summed E-state index contributed by atoms with van der Waals surface area (Å²) >= 11 is 0. The first-order valence-electron chi connectivity index (χ1n) is 10.9. The van der Waals surface area contributed by atoms with Gasteiger partial charge in [0.05, 0.1) is 20.1 Å². The van der Waals surface area contributed by atoms with Gasteiger partial charge in [-0.3, -0.25) is 9.69 Å². The number of hydrogen-bond acceptors (Lipinski definition) is 4. The van der Waals surface area contributed by atoms with E-state index in [4.69, 9.17) is 9.47 Å². The molecule has 32 heavy (non-hydrogen) atoms. The van der Waals surface area contributed by atoms with Crippen molar-refractivity contribution in [1.82, 2.24) is 4.90 Å². The number of halogens is 1. The van der Waals surface area contributed by atoms with E-state index in [0.29, 0.717) is 18.7 Å². The Bertz CT molecular complexity index is 994. The molecule has 0 aromatic heterocycles. The van der Waals surface area contributed by atoms with E-state index in [-0.39, 0.29) is 30.2 Å². The molecule has 3 aromatic carbocycles. The molecule has 0 saturated carbocycles. The van der Waals surface area contributed by atoms with Gasteiger partial charge < -0.3 is 9.47 Å². The summed E-state index contributed by atoms with van der Waals surface area (Å²) in [6.45, 7) is 4.79. The number of esters is 1. The standard InChI is InChI=1S/C27H30FNO3/c1-4-32-27(30)18-25(23-15-16-26(31-3)24(28)17-23)29(19-21-11-7-5-8-12-21)20(2)22-13-9-6-10-14-22/h5-17,20,25H,4,18-19H2,1-3H3/t20-,25+/m1/s1. The molecule has 3 aromatic rings. The topological polar surface area (TPSA) is 38.8 Å². The average Bonchev–Trinajstić information content (AvgIpc) is 2.82. The minimum atomic E-state index is -0.453. The van der Waals surface area contributed by atoms with Crippen LogP contribution in [-0.2, 0) is 16.1 Å². The maximum atomic E-state index is 14.7. The number of rotatable bonds is 10. The lowest BCUT2D eigenvalue weighted by Gasteiger charge is -2.37. The van der Waals surface area contributed by atoms with Gasteiger partial charge in [-0.25, -0.2) is 4.39 Å². The molecule has 0 aliphatic carbocycles. The number of hydrogen-bond donors (Lipinski definition) is 0. The number of nitrogens with zero attached hydrogens (tertiary/aromatic N) is 1. The Labute approximate surface area is 189 Å². The highest BCUT2D eigenvalue weighted by Crippen LogP contribution is 2.36. The predicted molar refractivity (Wildman–Crippen MR) is 124 cm³/mol. The Morgan fingerprint density at radius 1 is 0.969 bits per heavy atom. The fourth-order valence-corrected chi connectivity index (χ4v) is 3.93. The summed E-state index contributed by atoms with van der Waals surface area (Å²) in [6, 6.07) is 24.7. The minimum Gasteiger partial charge on any atom is -0.494 e. The Kier molecular flexibility index (Phi) is 8.40. The SMILES string of the molecule is CCOC(=O)C[C@@H](c1ccc(OC)c(F)c1)N(Cc1ccccc1)[C@H](C)c1ccccc1. The van der Waals surface area contributed by atoms with E-state index < -0.39 is 5.82 Å². The monoisotopic (exact) mass is 435 g/mol. The van der Waals surface area contributed by atoms with Gasteiger partial charge in [0.25, 0.3) is 0 Å². The van der Waals surface area contributed by atoms with Crippen molar-refractivity contribution in [2.24, 2.45) is 0 Å². The molecule has 4 nitrogen and oxygen atoms in total. The van der Waals surface area contributed by atoms with Crippen LogP contribution in [0.1, 0.15) is 49.0 Å². The molecule has 3 rings (SSSR count). The first-order chi connectivity index (χ1) is 15.5. The molecular weight excluding hydrogens is 405 g/mol. The second-order valence-corrected chi connectivity index (χ2v) is 7.66. The highest BCUT2D eigenvalue weighted by atomic mass is 19.1. The largest absolute Gasteiger partial charge is 0.494 e. The van der Waals surface area contributed by atoms with Crippen molar-refractivity contribution in [1.29, 1.82) is 0 Å². The molecule has 0 spiro atoms. The molecule has 0 N–H and O–H groups in total. The van der Waals surface area contributed by atoms with Gasteiger partial charge >= 0.3 is 5.97 Å². The first kappa shape index (κ1) is 23.5. The third-order valence-electron chi connectivity index (χ3n) is 5.61. The number of methoxy groups -OCH3 is 1. The zero-order valence-electron chi connectivity index (χ0n) is 18.8. The molecule has 0 bridgehead atoms. The van der Waals surface area contributed by atoms with Crippen LogP contribution in [-0.4, -0.2) is 24.6 Å². The van der Waals surface area contributed by atoms with E-state index in [0.717, 1.165) is 11.1 Å². The third-order valence-corrected chi connectivity index (χ3v) is 5.61. The molecule has 0 aliphatic rings. The summed E-state index contributed by atoms with van der Waals surface area (Å²) in [5, 5.41) is 0. The van der Waals surface area contributed by atoms with Crippen LogP contribution in [0.3, 0.4) is 0 Å². The van der Waals surface area contributed by atoms with E-state index in [2.05, 4.69) is 36.1 Å². The molecule has 0 amide bonds. The minimum absolute atomic E-state index is 0.0269. The fraction of sp³-hybridized carbons (Fsp3) is 0.296. The highest BCUT2D eigenvalue weighted by molar-refractivity contribution is 5.70. The van der Waals surface area contributed by atoms with Gasteiger partial charge in [-0.2, -0.15) is 0 Å². The Hall–Kier alpha value is -3.18. The quantitative estimate of drug-likeness (QED) is 0.361. The zero-order chi connectivity index (χ0) is 22.9. The van der Waals surface area contributed by atoms with E-state index in [1.165, 1.54) is 13.2 Å². The molecule has 0 radical (unpaired) electrons. The van der Waals surface area contributed by atoms with Gasteiger partial charge in [-0.1, -0.05) is 66.7 Å². The Morgan fingerprint density at radius 2 is 1.62 bits per heavy atom. The third kappa shape index (κ3) is 5.95. The molecular formula is C27H30FNO3. The number of carbonyl (C=O) groups is 1. The maximum absolute atomic E-state index is 14.7. The van der Waals surface area contributed by atoms with Crippen molar-refractivity contribution in [2.45, 2.75) is 38.9 Å². The molecule has 0 aliphatic heterocycles. The van der Waals surface area contributed by atoms with E-state index in [1.54, 1.807) is 13.0 Å². The summed E-state index contributed by atoms with van der Waals surface area (Å²) in [5.41, 5.74) is 2.93. The maximum Gasteiger partial charge on any atom is 0.307 e. The molecule has 2 atom stereocenters. The smallest absolute Gasteiger partial charge is 0.307 e. The highest BCUT2D eigenvalue weighted by Gasteiger charge is 2.29. The van der Waals surface area contributed by atoms with Crippen LogP contribution in [0.4, 0.5) is 4.39 Å². The summed E-state index contributed by atoms with van der Waals surface area (Å²) < 4.78 is 25.0. The van der Waals surface area contributed by atoms with Crippen molar-refractivity contribution in [3.8, 4) is 5.75 Å². The average molecular weight is 436 g/mol. The second-order valence-electron chi connectivity index (χ2n) is 7.66. The van der Waals surface area contributed by atoms with Gasteiger partial charge in [0.2, 0.25) is 0 Å². The molecule has 168 valence electrons. The first-order valence-corrected chi connectivity index (χ1v) is 10.9. The Morgan fingerprint density at radius 3 is 2.22 bits per heavy atom. The van der Waals surface area contributed by atoms with Gasteiger partial charge in [-0.05, 0) is 42.7 Å². The van der Waals surface area contributed by atoms with E-state index in [9.17, 15) is 9.18 Å². The zero-order valence-corrected chi connectivity index (χ0v) is 18.8. The summed E-state index contributed by atoms with van der Waals surface area (Å²) in [7, 11) is 1.44. The molecule has 5 heteroatoms. The second kappa shape index (κ2) is 11.4. The van der Waals surface area contributed by atoms with Crippen molar-refractivity contribution < 1.29 is 18.7 Å². The number of ether oxygens (including phenoxy) is 2. The van der Waals surface area contributed by atoms with Crippen molar-refractivity contribution in [3.63, 3.8) is 0 Å². The van der Waals surface area contributed by atoms with Crippen LogP contribution in [0.15, 0.2) is 78.9 Å². The van der Waals surface area contributed by atoms with Crippen LogP contribution < -0.4 is 4.74 Å². The van der Waals surface area contributed by atoms with Crippen LogP contribution in [0.5, 0.6) is 5.75 Å². The summed E-state index contributed by atoms with van der Waals surface area (Å²) in [4.78, 5) is 14.8. The van der Waals surface area contributed by atoms with E-state index >= 15 is 0 Å². The summed E-state index contributed by atoms with van der Waals surface area (Å²) in [6.07, 6.45) is 0.115. The number of carbonyl (C=O) groups excluding carboxylic acids is 1. The van der Waals surface area contributed by atoms with Gasteiger partial charge in [0, 0.05) is 18.6 Å². The lowest BCUT2D eigenvalue weighted by Crippen LogP contribution is -2.33. The number of benzene rings is 3. The Balaban J connectivity index is 2.06. The van der Waals surface area contributed by atoms with Crippen LogP contribution >= 0.6 is 0 Å². The van der Waals surface area contributed by atoms with Crippen LogP contribution in [0, 0.1) is 5.82 Å². The molecule has 0 heterocycles. The molecule has 0 saturated heterocycles. The van der Waals surface area contributed by atoms with Crippen molar-refractivity contribution in [3.05, 3.63) is 101 Å². The lowest BCUT2D eigenvalue weighted by atomic mass is 9.96. The predicted octanol–water partition coefficient (Wildman–Crippen LogP) is 6.09. The van der Waals surface area contributed by atoms with Crippen LogP contribution in [0.25, 0.3) is 0 Å². The molecule has 0 unspecified atom stereocenters.